The van der Waals surface area contributed by atoms with Crippen molar-refractivity contribution in [3.63, 3.8) is 0 Å². The lowest BCUT2D eigenvalue weighted by Gasteiger charge is -2.25. The minimum absolute atomic E-state index is 0.0165. The highest BCUT2D eigenvalue weighted by molar-refractivity contribution is 7.86. The van der Waals surface area contributed by atoms with Crippen LogP contribution in [0.1, 0.15) is 0 Å². The fourth-order valence-corrected chi connectivity index (χ4v) is 6.09. The lowest BCUT2D eigenvalue weighted by atomic mass is 10.0. The maximum absolute atomic E-state index is 12.0. The van der Waals surface area contributed by atoms with Gasteiger partial charge < -0.3 is 18.9 Å². The summed E-state index contributed by atoms with van der Waals surface area (Å²) in [5, 5.41) is 0. The molecule has 1 atom stereocenters. The quantitative estimate of drug-likeness (QED) is 0.303. The Kier molecular flexibility index (Phi) is 6.70. The van der Waals surface area contributed by atoms with Gasteiger partial charge in [0.15, 0.2) is 17.9 Å². The Labute approximate surface area is 237 Å². The average Bonchev–Trinajstić information content (AvgIpc) is 3.44. The van der Waals surface area contributed by atoms with Crippen LogP contribution in [0.3, 0.4) is 0 Å². The summed E-state index contributed by atoms with van der Waals surface area (Å²) in [7, 11) is -9.27. The molecule has 0 saturated carbocycles. The minimum atomic E-state index is -4.75. The Hall–Kier alpha value is -4.36. The van der Waals surface area contributed by atoms with Crippen LogP contribution in [0.2, 0.25) is 0 Å². The molecule has 0 saturated heterocycles. The molecule has 10 nitrogen and oxygen atoms in total. The summed E-state index contributed by atoms with van der Waals surface area (Å²) in [6.45, 7) is 0. The van der Waals surface area contributed by atoms with Crippen LogP contribution in [0.25, 0.3) is 22.3 Å². The van der Waals surface area contributed by atoms with E-state index in [2.05, 4.69) is 0 Å². The maximum atomic E-state index is 12.0. The second-order valence-electron chi connectivity index (χ2n) is 9.51. The Morgan fingerprint density at radius 1 is 0.732 bits per heavy atom. The summed E-state index contributed by atoms with van der Waals surface area (Å²) in [5.74, 6) is -1.10. The van der Waals surface area contributed by atoms with Crippen LogP contribution < -0.4 is 19.3 Å². The molecule has 12 heteroatoms. The van der Waals surface area contributed by atoms with E-state index in [0.717, 1.165) is 22.3 Å². The molecular weight excluding hydrogens is 568 g/mol. The zero-order valence-corrected chi connectivity index (χ0v) is 23.0. The lowest BCUT2D eigenvalue weighted by Crippen LogP contribution is -2.38. The Balaban J connectivity index is 1.40. The molecule has 210 valence electrons. The maximum Gasteiger partial charge on any atom is 0.283 e. The van der Waals surface area contributed by atoms with E-state index in [9.17, 15) is 25.9 Å². The van der Waals surface area contributed by atoms with E-state index in [-0.39, 0.29) is 5.88 Å². The number of hydrogen-bond donors (Lipinski definition) is 1. The first-order valence-electron chi connectivity index (χ1n) is 12.4. The normalized spacial score (nSPS) is 17.2. The van der Waals surface area contributed by atoms with Crippen molar-refractivity contribution in [2.75, 3.05) is 21.6 Å². The van der Waals surface area contributed by atoms with Gasteiger partial charge in [-0.15, -0.1) is 0 Å². The summed E-state index contributed by atoms with van der Waals surface area (Å²) >= 11 is 0. The van der Waals surface area contributed by atoms with Crippen LogP contribution in [0.5, 0.6) is 11.5 Å². The standard InChI is InChI=1S/C29H24N2O8S2/c32-40(33,34)18-30-24-15-22(20-7-3-1-4-8-20)11-13-26(24)38-28(30)17-29-31(19-41(35,36)37)25-16-23(12-14-27(25)39-29)21-9-5-2-6-10-21/h1-17,28H,18-19H2,(H,32,33,34)(H,35,36,37)/p-1/b29-17-. The largest absolute Gasteiger partial charge is 0.747 e. The SMILES string of the molecule is O=S(=O)([O-])CN1c2cc(-c3ccccc3)ccc2OC1/C=C1\Oc2ccc(-c3ccccc3)cc2N1CS(=O)(=O)O. The van der Waals surface area contributed by atoms with Gasteiger partial charge in [0.1, 0.15) is 21.7 Å². The number of anilines is 2. The Morgan fingerprint density at radius 2 is 1.29 bits per heavy atom. The van der Waals surface area contributed by atoms with Crippen LogP contribution in [-0.2, 0) is 20.2 Å². The topological polar surface area (TPSA) is 137 Å². The van der Waals surface area contributed by atoms with Crippen LogP contribution in [-0.4, -0.2) is 43.9 Å². The van der Waals surface area contributed by atoms with Crippen molar-refractivity contribution in [3.8, 4) is 33.8 Å². The zero-order valence-electron chi connectivity index (χ0n) is 21.3. The molecule has 4 aromatic rings. The van der Waals surface area contributed by atoms with E-state index in [1.807, 2.05) is 72.8 Å². The highest BCUT2D eigenvalue weighted by Gasteiger charge is 2.36. The highest BCUT2D eigenvalue weighted by atomic mass is 32.2. The lowest BCUT2D eigenvalue weighted by molar-refractivity contribution is 0.269. The van der Waals surface area contributed by atoms with Gasteiger partial charge >= 0.3 is 0 Å². The van der Waals surface area contributed by atoms with Gasteiger partial charge in [0, 0.05) is 6.08 Å². The van der Waals surface area contributed by atoms with Gasteiger partial charge in [0.05, 0.1) is 11.4 Å². The van der Waals surface area contributed by atoms with E-state index in [4.69, 9.17) is 9.47 Å². The molecule has 2 aliphatic heterocycles. The first-order valence-corrected chi connectivity index (χ1v) is 15.6. The first kappa shape index (κ1) is 26.8. The fraction of sp³-hybridized carbons (Fsp3) is 0.103. The average molecular weight is 592 g/mol. The van der Waals surface area contributed by atoms with Crippen molar-refractivity contribution in [2.24, 2.45) is 0 Å². The van der Waals surface area contributed by atoms with Gasteiger partial charge in [-0.3, -0.25) is 9.45 Å². The molecular formula is C29H23N2O8S2-. The monoisotopic (exact) mass is 591 g/mol. The van der Waals surface area contributed by atoms with E-state index in [1.54, 1.807) is 24.3 Å². The number of benzene rings is 4. The van der Waals surface area contributed by atoms with Gasteiger partial charge in [-0.1, -0.05) is 72.8 Å². The zero-order chi connectivity index (χ0) is 28.8. The number of hydrogen-bond acceptors (Lipinski definition) is 9. The van der Waals surface area contributed by atoms with Crippen molar-refractivity contribution in [2.45, 2.75) is 6.23 Å². The van der Waals surface area contributed by atoms with Crippen LogP contribution in [0, 0.1) is 0 Å². The van der Waals surface area contributed by atoms with E-state index in [0.29, 0.717) is 22.9 Å². The van der Waals surface area contributed by atoms with E-state index in [1.165, 1.54) is 15.9 Å². The number of ether oxygens (including phenoxy) is 2. The Bertz CT molecular complexity index is 1860. The van der Waals surface area contributed by atoms with Crippen molar-refractivity contribution >= 4 is 31.6 Å². The van der Waals surface area contributed by atoms with Crippen molar-refractivity contribution in [1.29, 1.82) is 0 Å². The summed E-state index contributed by atoms with van der Waals surface area (Å²) in [5.41, 5.74) is 4.07. The number of nitrogens with zero attached hydrogens (tertiary/aromatic N) is 2. The molecule has 2 aliphatic rings. The van der Waals surface area contributed by atoms with Gasteiger partial charge in [0.2, 0.25) is 5.88 Å². The van der Waals surface area contributed by atoms with Crippen LogP contribution in [0.4, 0.5) is 11.4 Å². The van der Waals surface area contributed by atoms with Crippen LogP contribution in [0.15, 0.2) is 109 Å². The van der Waals surface area contributed by atoms with Gasteiger partial charge in [-0.25, -0.2) is 8.42 Å². The first-order chi connectivity index (χ1) is 19.5. The van der Waals surface area contributed by atoms with Gasteiger partial charge in [-0.2, -0.15) is 8.42 Å². The van der Waals surface area contributed by atoms with Crippen molar-refractivity contribution < 1.29 is 35.4 Å². The second-order valence-corrected chi connectivity index (χ2v) is 12.3. The molecule has 1 unspecified atom stereocenters. The third-order valence-corrected chi connectivity index (χ3v) is 7.82. The summed E-state index contributed by atoms with van der Waals surface area (Å²) in [6, 6.07) is 29.2. The molecule has 41 heavy (non-hydrogen) atoms. The van der Waals surface area contributed by atoms with Crippen LogP contribution >= 0.6 is 0 Å². The summed E-state index contributed by atoms with van der Waals surface area (Å²) in [4.78, 5) is 2.52. The smallest absolute Gasteiger partial charge is 0.283 e. The third-order valence-electron chi connectivity index (χ3n) is 6.64. The number of fused-ring (bicyclic) bond motifs is 2. The summed E-state index contributed by atoms with van der Waals surface area (Å²) in [6.07, 6.45) is 0.238. The molecule has 0 spiro atoms. The molecule has 1 N–H and O–H groups in total. The predicted octanol–water partition coefficient (Wildman–Crippen LogP) is 4.63. The van der Waals surface area contributed by atoms with Crippen molar-refractivity contribution in [3.05, 3.63) is 109 Å². The third kappa shape index (κ3) is 5.77. The molecule has 0 radical (unpaired) electrons. The molecule has 0 bridgehead atoms. The highest BCUT2D eigenvalue weighted by Crippen LogP contribution is 2.44. The van der Waals surface area contributed by atoms with Crippen molar-refractivity contribution in [1.82, 2.24) is 0 Å². The van der Waals surface area contributed by atoms with E-state index < -0.39 is 38.2 Å². The molecule has 0 aromatic heterocycles. The molecule has 6 rings (SSSR count). The molecule has 0 aliphatic carbocycles. The Morgan fingerprint density at radius 3 is 1.85 bits per heavy atom. The minimum Gasteiger partial charge on any atom is -0.747 e. The van der Waals surface area contributed by atoms with Gasteiger partial charge in [-0.05, 0) is 46.5 Å². The molecule has 0 fully saturated rings. The molecule has 4 aromatic carbocycles. The predicted molar refractivity (Wildman–Crippen MR) is 153 cm³/mol. The summed E-state index contributed by atoms with van der Waals surface area (Å²) < 4.78 is 81.5. The molecule has 0 amide bonds. The fourth-order valence-electron chi connectivity index (χ4n) is 4.87. The van der Waals surface area contributed by atoms with E-state index >= 15 is 0 Å². The van der Waals surface area contributed by atoms with Gasteiger partial charge in [0.25, 0.3) is 10.1 Å². The number of rotatable bonds is 7. The molecule has 2 heterocycles. The second kappa shape index (κ2) is 10.2.